The van der Waals surface area contributed by atoms with Gasteiger partial charge in [-0.2, -0.15) is 0 Å². The van der Waals surface area contributed by atoms with E-state index in [1.807, 2.05) is 24.3 Å². The van der Waals surface area contributed by atoms with Gasteiger partial charge in [0.05, 0.1) is 5.92 Å². The molecule has 0 radical (unpaired) electrons. The molecule has 2 aliphatic heterocycles. The van der Waals surface area contributed by atoms with E-state index in [1.165, 1.54) is 24.8 Å². The van der Waals surface area contributed by atoms with Crippen molar-refractivity contribution >= 4 is 30.0 Å². The summed E-state index contributed by atoms with van der Waals surface area (Å²) in [7, 11) is 0. The van der Waals surface area contributed by atoms with Crippen molar-refractivity contribution in [3.05, 3.63) is 29.8 Å². The minimum atomic E-state index is -0.891. The molecular weight excluding hydrogens is 316 g/mol. The fourth-order valence-corrected chi connectivity index (χ4v) is 3.28. The average Bonchev–Trinajstić information content (AvgIpc) is 2.91. The molecule has 1 aromatic rings. The largest absolute Gasteiger partial charge is 0.481 e. The molecule has 1 aromatic carbocycles. The number of rotatable bonds is 4. The van der Waals surface area contributed by atoms with Gasteiger partial charge in [-0.05, 0) is 43.6 Å². The van der Waals surface area contributed by atoms with Crippen LogP contribution >= 0.6 is 12.4 Å². The molecule has 1 amide bonds. The highest BCUT2D eigenvalue weighted by atomic mass is 35.5. The summed E-state index contributed by atoms with van der Waals surface area (Å²) in [4.78, 5) is 27.0. The lowest BCUT2D eigenvalue weighted by atomic mass is 10.1. The third-order valence-electron chi connectivity index (χ3n) is 4.58. The first kappa shape index (κ1) is 17.8. The lowest BCUT2D eigenvalue weighted by Gasteiger charge is -2.26. The lowest BCUT2D eigenvalue weighted by Crippen LogP contribution is -2.29. The van der Waals surface area contributed by atoms with Gasteiger partial charge in [-0.15, -0.1) is 12.4 Å². The van der Waals surface area contributed by atoms with Crippen molar-refractivity contribution in [2.24, 2.45) is 5.92 Å². The Morgan fingerprint density at radius 3 is 2.35 bits per heavy atom. The van der Waals surface area contributed by atoms with E-state index in [4.69, 9.17) is 5.11 Å². The first-order chi connectivity index (χ1) is 10.6. The predicted molar refractivity (Wildman–Crippen MR) is 90.9 cm³/mol. The highest BCUT2D eigenvalue weighted by Crippen LogP contribution is 2.26. The molecule has 0 spiro atoms. The smallest absolute Gasteiger partial charge is 0.308 e. The molecule has 1 N–H and O–H groups in total. The van der Waals surface area contributed by atoms with Crippen molar-refractivity contribution in [2.45, 2.75) is 32.2 Å². The Kier molecular flexibility index (Phi) is 6.02. The summed E-state index contributed by atoms with van der Waals surface area (Å²) in [6.07, 6.45) is 3.98. The number of halogens is 1. The monoisotopic (exact) mass is 338 g/mol. The number of likely N-dealkylation sites (tertiary alicyclic amines) is 1. The number of carbonyl (C=O) groups is 2. The van der Waals surface area contributed by atoms with E-state index in [9.17, 15) is 9.59 Å². The van der Waals surface area contributed by atoms with Crippen molar-refractivity contribution in [1.29, 1.82) is 0 Å². The van der Waals surface area contributed by atoms with E-state index in [0.717, 1.165) is 25.3 Å². The molecule has 5 nitrogen and oxygen atoms in total. The van der Waals surface area contributed by atoms with E-state index in [0.29, 0.717) is 0 Å². The molecule has 0 saturated carbocycles. The summed E-state index contributed by atoms with van der Waals surface area (Å²) in [5.41, 5.74) is 2.04. The number of amides is 1. The predicted octanol–water partition coefficient (Wildman–Crippen LogP) is 2.53. The van der Waals surface area contributed by atoms with Crippen molar-refractivity contribution in [1.82, 2.24) is 4.90 Å². The zero-order valence-electron chi connectivity index (χ0n) is 13.1. The van der Waals surface area contributed by atoms with Crippen LogP contribution in [-0.4, -0.2) is 41.5 Å². The van der Waals surface area contributed by atoms with Crippen LogP contribution in [-0.2, 0) is 16.1 Å². The number of aliphatic carboxylic acids is 1. The molecule has 2 fully saturated rings. The van der Waals surface area contributed by atoms with Gasteiger partial charge in [0, 0.05) is 25.2 Å². The molecule has 2 heterocycles. The van der Waals surface area contributed by atoms with Crippen LogP contribution < -0.4 is 4.90 Å². The van der Waals surface area contributed by atoms with Gasteiger partial charge in [-0.1, -0.05) is 18.6 Å². The van der Waals surface area contributed by atoms with E-state index >= 15 is 0 Å². The zero-order valence-corrected chi connectivity index (χ0v) is 13.9. The first-order valence-electron chi connectivity index (χ1n) is 7.98. The van der Waals surface area contributed by atoms with Gasteiger partial charge in [-0.3, -0.25) is 14.5 Å². The van der Waals surface area contributed by atoms with Gasteiger partial charge in [0.25, 0.3) is 0 Å². The summed E-state index contributed by atoms with van der Waals surface area (Å²) >= 11 is 0. The number of hydrogen-bond acceptors (Lipinski definition) is 3. The topological polar surface area (TPSA) is 60.9 Å². The number of nitrogens with zero attached hydrogens (tertiary/aromatic N) is 2. The maximum Gasteiger partial charge on any atom is 0.308 e. The number of carboxylic acids is 1. The number of piperidine rings is 1. The summed E-state index contributed by atoms with van der Waals surface area (Å²) < 4.78 is 0. The number of carboxylic acid groups (broad SMARTS) is 1. The molecule has 0 aliphatic carbocycles. The second-order valence-corrected chi connectivity index (χ2v) is 6.25. The Morgan fingerprint density at radius 2 is 1.78 bits per heavy atom. The fourth-order valence-electron chi connectivity index (χ4n) is 3.28. The van der Waals surface area contributed by atoms with Crippen LogP contribution in [0.15, 0.2) is 24.3 Å². The van der Waals surface area contributed by atoms with Crippen molar-refractivity contribution in [3.63, 3.8) is 0 Å². The highest BCUT2D eigenvalue weighted by Gasteiger charge is 2.34. The normalized spacial score (nSPS) is 22.0. The molecule has 23 heavy (non-hydrogen) atoms. The third kappa shape index (κ3) is 4.24. The summed E-state index contributed by atoms with van der Waals surface area (Å²) in [6, 6.07) is 7.96. The summed E-state index contributed by atoms with van der Waals surface area (Å²) in [6.45, 7) is 3.55. The molecule has 0 aromatic heterocycles. The van der Waals surface area contributed by atoms with Gasteiger partial charge in [0.15, 0.2) is 0 Å². The fraction of sp³-hybridized carbons (Fsp3) is 0.529. The molecule has 2 aliphatic rings. The molecule has 126 valence electrons. The van der Waals surface area contributed by atoms with Crippen LogP contribution in [0.2, 0.25) is 0 Å². The summed E-state index contributed by atoms with van der Waals surface area (Å²) in [5.74, 6) is -1.57. The Bertz CT molecular complexity index is 555. The standard InChI is InChI=1S/C17H22N2O3.ClH/c20-16-10-14(17(21)22)12-19(16)15-6-4-13(5-7-15)11-18-8-2-1-3-9-18;/h4-7,14H,1-3,8-12H2,(H,21,22);1H/t14-;/m1./s1. The van der Waals surface area contributed by atoms with Crippen LogP contribution in [0.3, 0.4) is 0 Å². The van der Waals surface area contributed by atoms with Crippen LogP contribution in [0.25, 0.3) is 0 Å². The molecule has 0 unspecified atom stereocenters. The van der Waals surface area contributed by atoms with E-state index in [1.54, 1.807) is 4.90 Å². The Hall–Kier alpha value is -1.59. The quantitative estimate of drug-likeness (QED) is 0.916. The molecule has 2 saturated heterocycles. The molecule has 1 atom stereocenters. The van der Waals surface area contributed by atoms with E-state index in [2.05, 4.69) is 4.90 Å². The molecule has 6 heteroatoms. The van der Waals surface area contributed by atoms with Crippen LogP contribution in [0.1, 0.15) is 31.2 Å². The Morgan fingerprint density at radius 1 is 1.13 bits per heavy atom. The van der Waals surface area contributed by atoms with Gasteiger partial charge in [0.2, 0.25) is 5.91 Å². The van der Waals surface area contributed by atoms with Crippen LogP contribution in [0.5, 0.6) is 0 Å². The number of carbonyl (C=O) groups excluding carboxylic acids is 1. The van der Waals surface area contributed by atoms with Gasteiger partial charge >= 0.3 is 5.97 Å². The van der Waals surface area contributed by atoms with Crippen LogP contribution in [0, 0.1) is 5.92 Å². The van der Waals surface area contributed by atoms with Crippen molar-refractivity contribution in [2.75, 3.05) is 24.5 Å². The molecular formula is C17H23ClN2O3. The third-order valence-corrected chi connectivity index (χ3v) is 4.58. The second-order valence-electron chi connectivity index (χ2n) is 6.25. The maximum atomic E-state index is 11.9. The van der Waals surface area contributed by atoms with Gasteiger partial charge < -0.3 is 10.0 Å². The average molecular weight is 339 g/mol. The van der Waals surface area contributed by atoms with Gasteiger partial charge in [-0.25, -0.2) is 0 Å². The maximum absolute atomic E-state index is 11.9. The number of anilines is 1. The van der Waals surface area contributed by atoms with E-state index < -0.39 is 11.9 Å². The number of hydrogen-bond donors (Lipinski definition) is 1. The van der Waals surface area contributed by atoms with Gasteiger partial charge in [0.1, 0.15) is 0 Å². The zero-order chi connectivity index (χ0) is 15.5. The van der Waals surface area contributed by atoms with Crippen molar-refractivity contribution in [3.8, 4) is 0 Å². The number of benzene rings is 1. The summed E-state index contributed by atoms with van der Waals surface area (Å²) in [5, 5.41) is 9.04. The minimum Gasteiger partial charge on any atom is -0.481 e. The minimum absolute atomic E-state index is 0. The highest BCUT2D eigenvalue weighted by molar-refractivity contribution is 5.99. The van der Waals surface area contributed by atoms with Crippen LogP contribution in [0.4, 0.5) is 5.69 Å². The Balaban J connectivity index is 0.00000192. The lowest BCUT2D eigenvalue weighted by molar-refractivity contribution is -0.141. The van der Waals surface area contributed by atoms with E-state index in [-0.39, 0.29) is 31.3 Å². The SMILES string of the molecule is Cl.O=C(O)[C@@H]1CC(=O)N(c2ccc(CN3CCCCC3)cc2)C1. The second kappa shape index (κ2) is 7.79. The molecule has 3 rings (SSSR count). The van der Waals surface area contributed by atoms with Crippen molar-refractivity contribution < 1.29 is 14.7 Å². The first-order valence-corrected chi connectivity index (χ1v) is 7.98. The molecule has 0 bridgehead atoms. The Labute approximate surface area is 142 Å².